The van der Waals surface area contributed by atoms with Crippen LogP contribution in [0.1, 0.15) is 74.7 Å². The van der Waals surface area contributed by atoms with Crippen molar-refractivity contribution in [3.05, 3.63) is 59.7 Å². The van der Waals surface area contributed by atoms with Gasteiger partial charge in [0.2, 0.25) is 5.91 Å². The molecule has 5 nitrogen and oxygen atoms in total. The quantitative estimate of drug-likeness (QED) is 0.229. The summed E-state index contributed by atoms with van der Waals surface area (Å²) in [5.41, 5.74) is 1.97. The summed E-state index contributed by atoms with van der Waals surface area (Å²) >= 11 is 0. The van der Waals surface area contributed by atoms with Crippen LogP contribution < -0.4 is 15.4 Å². The highest BCUT2D eigenvalue weighted by molar-refractivity contribution is 7.27. The monoisotopic (exact) mass is 496 g/mol. The average Bonchev–Trinajstić information content (AvgIpc) is 3.33. The van der Waals surface area contributed by atoms with Gasteiger partial charge in [-0.3, -0.25) is 9.59 Å². The van der Waals surface area contributed by atoms with Gasteiger partial charge in [0.15, 0.2) is 5.78 Å². The van der Waals surface area contributed by atoms with Crippen LogP contribution in [0.25, 0.3) is 0 Å². The molecule has 2 aromatic rings. The van der Waals surface area contributed by atoms with E-state index in [9.17, 15) is 9.59 Å². The molecule has 2 atom stereocenters. The number of nitrogens with one attached hydrogen (secondary N) is 1. The van der Waals surface area contributed by atoms with Gasteiger partial charge in [-0.1, -0.05) is 30.7 Å². The van der Waals surface area contributed by atoms with Gasteiger partial charge >= 0.3 is 0 Å². The Kier molecular flexibility index (Phi) is 11.2. The van der Waals surface area contributed by atoms with Gasteiger partial charge in [0.1, 0.15) is 5.75 Å². The number of amides is 1. The lowest BCUT2D eigenvalue weighted by Crippen LogP contribution is -2.44. The van der Waals surface area contributed by atoms with Gasteiger partial charge in [-0.2, -0.15) is 0 Å². The van der Waals surface area contributed by atoms with Crippen molar-refractivity contribution in [1.29, 1.82) is 0 Å². The predicted octanol–water partition coefficient (Wildman–Crippen LogP) is 4.93. The molecule has 6 heteroatoms. The number of Topliss-reactive ketones (excluding diaryl/α,β-unsaturated/α-hetero) is 1. The number of carbonyl (C=O) groups excluding carboxylic acids is 2. The van der Waals surface area contributed by atoms with E-state index in [1.165, 1.54) is 23.7 Å². The fourth-order valence-electron chi connectivity index (χ4n) is 4.56. The summed E-state index contributed by atoms with van der Waals surface area (Å²) in [4.78, 5) is 27.6. The van der Waals surface area contributed by atoms with Crippen LogP contribution in [0.2, 0.25) is 0 Å². The molecule has 0 bridgehead atoms. The highest BCUT2D eigenvalue weighted by Gasteiger charge is 2.19. The van der Waals surface area contributed by atoms with Crippen molar-refractivity contribution in [1.82, 2.24) is 10.2 Å². The molecule has 1 saturated heterocycles. The van der Waals surface area contributed by atoms with Crippen molar-refractivity contribution in [2.75, 3.05) is 19.6 Å². The largest absolute Gasteiger partial charge is 0.491 e. The summed E-state index contributed by atoms with van der Waals surface area (Å²) in [6, 6.07) is 16.0. The van der Waals surface area contributed by atoms with Gasteiger partial charge in [0.25, 0.3) is 0 Å². The Morgan fingerprint density at radius 1 is 0.943 bits per heavy atom. The van der Waals surface area contributed by atoms with E-state index in [0.29, 0.717) is 12.8 Å². The maximum absolute atomic E-state index is 12.7. The summed E-state index contributed by atoms with van der Waals surface area (Å²) < 4.78 is 5.63. The molecule has 1 aliphatic heterocycles. The first-order valence-electron chi connectivity index (χ1n) is 13.0. The number of nitrogens with zero attached hydrogens (tertiary/aromatic N) is 1. The number of hydrogen-bond donors (Lipinski definition) is 1. The smallest absolute Gasteiger partial charge is 0.220 e. The van der Waals surface area contributed by atoms with E-state index in [0.717, 1.165) is 56.6 Å². The number of unbranched alkanes of at least 4 members (excludes halogenated alkanes) is 2. The molecule has 190 valence electrons. The molecule has 0 spiro atoms. The topological polar surface area (TPSA) is 58.6 Å². The van der Waals surface area contributed by atoms with Gasteiger partial charge in [-0.15, -0.1) is 9.24 Å². The molecule has 0 saturated carbocycles. The van der Waals surface area contributed by atoms with E-state index in [4.69, 9.17) is 4.74 Å². The van der Waals surface area contributed by atoms with E-state index in [-0.39, 0.29) is 23.8 Å². The lowest BCUT2D eigenvalue weighted by molar-refractivity contribution is -0.122. The number of likely N-dealkylation sites (tertiary alicyclic amines) is 1. The third kappa shape index (κ3) is 10.1. The molecule has 2 aromatic carbocycles. The molecular formula is C29H41N2O3P. The highest BCUT2D eigenvalue weighted by atomic mass is 31.0. The molecule has 35 heavy (non-hydrogen) atoms. The van der Waals surface area contributed by atoms with Gasteiger partial charge < -0.3 is 15.0 Å². The van der Waals surface area contributed by atoms with Crippen LogP contribution >= 0.6 is 9.24 Å². The number of benzene rings is 2. The zero-order valence-corrected chi connectivity index (χ0v) is 22.5. The highest BCUT2D eigenvalue weighted by Crippen LogP contribution is 2.16. The van der Waals surface area contributed by atoms with E-state index >= 15 is 0 Å². The van der Waals surface area contributed by atoms with Crippen LogP contribution in [-0.4, -0.2) is 48.4 Å². The zero-order chi connectivity index (χ0) is 25.0. The number of rotatable bonds is 14. The number of ketones is 1. The predicted molar refractivity (Wildman–Crippen MR) is 147 cm³/mol. The second-order valence-electron chi connectivity index (χ2n) is 9.89. The Labute approximate surface area is 213 Å². The van der Waals surface area contributed by atoms with Crippen molar-refractivity contribution in [3.8, 4) is 5.75 Å². The van der Waals surface area contributed by atoms with Crippen molar-refractivity contribution in [3.63, 3.8) is 0 Å². The lowest BCUT2D eigenvalue weighted by Gasteiger charge is -2.25. The fraction of sp³-hybridized carbons (Fsp3) is 0.517. The van der Waals surface area contributed by atoms with Gasteiger partial charge in [-0.05, 0) is 94.2 Å². The third-order valence-corrected chi connectivity index (χ3v) is 6.74. The first kappa shape index (κ1) is 27.4. The molecule has 1 amide bonds. The van der Waals surface area contributed by atoms with E-state index in [1.54, 1.807) is 0 Å². The van der Waals surface area contributed by atoms with Crippen LogP contribution in [0.3, 0.4) is 0 Å². The lowest BCUT2D eigenvalue weighted by atomic mass is 10.0. The summed E-state index contributed by atoms with van der Waals surface area (Å²) in [7, 11) is 2.72. The van der Waals surface area contributed by atoms with Gasteiger partial charge in [0.05, 0.1) is 6.10 Å². The standard InChI is InChI=1S/C29H41N2O3P/c1-22(2)34-26-14-12-24(13-15-26)28(32)8-4-3-5-9-29(33)30-25(21-31-18-6-7-19-31)20-23-10-16-27(35)17-11-23/h10-17,22,25H,3-9,18-21,35H2,1-2H3,(H,30,33)/t25-/m0/s1. The van der Waals surface area contributed by atoms with Gasteiger partial charge in [0, 0.05) is 31.0 Å². The Bertz CT molecular complexity index is 922. The van der Waals surface area contributed by atoms with Crippen molar-refractivity contribution in [2.24, 2.45) is 0 Å². The Hall–Kier alpha value is -2.23. The molecule has 0 aliphatic carbocycles. The summed E-state index contributed by atoms with van der Waals surface area (Å²) in [5, 5.41) is 4.46. The second kappa shape index (κ2) is 14.4. The maximum Gasteiger partial charge on any atom is 0.220 e. The normalized spacial score (nSPS) is 14.7. The fourth-order valence-corrected chi connectivity index (χ4v) is 4.75. The van der Waals surface area contributed by atoms with Crippen molar-refractivity contribution >= 4 is 26.2 Å². The second-order valence-corrected chi connectivity index (χ2v) is 10.6. The molecule has 1 aliphatic rings. The molecule has 0 aromatic heterocycles. The third-order valence-electron chi connectivity index (χ3n) is 6.36. The average molecular weight is 497 g/mol. The minimum absolute atomic E-state index is 0.115. The minimum atomic E-state index is 0.115. The summed E-state index contributed by atoms with van der Waals surface area (Å²) in [6.45, 7) is 7.12. The Balaban J connectivity index is 1.38. The van der Waals surface area contributed by atoms with E-state index in [2.05, 4.69) is 43.7 Å². The minimum Gasteiger partial charge on any atom is -0.491 e. The Morgan fingerprint density at radius 2 is 1.60 bits per heavy atom. The summed E-state index contributed by atoms with van der Waals surface area (Å²) in [5.74, 6) is 1.05. The van der Waals surface area contributed by atoms with Gasteiger partial charge in [-0.25, -0.2) is 0 Å². The first-order chi connectivity index (χ1) is 16.9. The molecule has 1 heterocycles. The SMILES string of the molecule is CC(C)Oc1ccc(C(=O)CCCCCC(=O)N[C@@H](Cc2ccc(P)cc2)CN2CCCC2)cc1. The van der Waals surface area contributed by atoms with Crippen molar-refractivity contribution in [2.45, 2.75) is 77.4 Å². The van der Waals surface area contributed by atoms with Crippen LogP contribution in [0.5, 0.6) is 5.75 Å². The van der Waals surface area contributed by atoms with Crippen LogP contribution in [0, 0.1) is 0 Å². The van der Waals surface area contributed by atoms with E-state index < -0.39 is 0 Å². The molecule has 1 N–H and O–H groups in total. The maximum atomic E-state index is 12.7. The number of carbonyl (C=O) groups is 2. The van der Waals surface area contributed by atoms with Crippen LogP contribution in [0.15, 0.2) is 48.5 Å². The molecule has 3 rings (SSSR count). The first-order valence-corrected chi connectivity index (χ1v) is 13.6. The molecule has 0 radical (unpaired) electrons. The molecule has 1 unspecified atom stereocenters. The molecule has 1 fully saturated rings. The molecular weight excluding hydrogens is 455 g/mol. The zero-order valence-electron chi connectivity index (χ0n) is 21.3. The Morgan fingerprint density at radius 3 is 2.26 bits per heavy atom. The summed E-state index contributed by atoms with van der Waals surface area (Å²) in [6.07, 6.45) is 6.96. The number of hydrogen-bond acceptors (Lipinski definition) is 4. The van der Waals surface area contributed by atoms with Crippen molar-refractivity contribution < 1.29 is 14.3 Å². The van der Waals surface area contributed by atoms with Crippen LogP contribution in [-0.2, 0) is 11.2 Å². The van der Waals surface area contributed by atoms with E-state index in [1.807, 2.05) is 38.1 Å². The van der Waals surface area contributed by atoms with Crippen LogP contribution in [0.4, 0.5) is 0 Å². The number of ether oxygens (including phenoxy) is 1.